The smallest absolute Gasteiger partial charge is 0.280 e. The molecule has 0 saturated heterocycles. The van der Waals surface area contributed by atoms with E-state index in [9.17, 15) is 9.59 Å². The molecular weight excluding hydrogens is 150 g/mol. The fourth-order valence-electron chi connectivity index (χ4n) is 0.607. The number of amides is 2. The monoisotopic (exact) mass is 155 g/mol. The average molecular weight is 155 g/mol. The second kappa shape index (κ2) is 3.02. The van der Waals surface area contributed by atoms with Crippen LogP contribution in [0.1, 0.15) is 0 Å². The van der Waals surface area contributed by atoms with Gasteiger partial charge in [0, 0.05) is 12.4 Å². The summed E-state index contributed by atoms with van der Waals surface area (Å²) in [6, 6.07) is -1.23. The van der Waals surface area contributed by atoms with E-state index in [0.717, 1.165) is 0 Å². The summed E-state index contributed by atoms with van der Waals surface area (Å²) in [6.07, 6.45) is 2.41. The molecule has 0 fully saturated rings. The zero-order chi connectivity index (χ0) is 8.27. The predicted molar refractivity (Wildman–Crippen MR) is 35.7 cm³/mol. The molecule has 1 aliphatic heterocycles. The van der Waals surface area contributed by atoms with E-state index < -0.39 is 17.9 Å². The molecule has 58 valence electrons. The van der Waals surface area contributed by atoms with Gasteiger partial charge in [-0.2, -0.15) is 0 Å². The van der Waals surface area contributed by atoms with Crippen LogP contribution in [0.4, 0.5) is 0 Å². The van der Waals surface area contributed by atoms with Crippen molar-refractivity contribution in [3.8, 4) is 0 Å². The SMILES string of the molecule is O=C1N=CC=NC1C(=O)NO. The number of rotatable bonds is 1. The minimum Gasteiger partial charge on any atom is -0.289 e. The lowest BCUT2D eigenvalue weighted by Crippen LogP contribution is -2.37. The van der Waals surface area contributed by atoms with Crippen LogP contribution in [0.2, 0.25) is 0 Å². The van der Waals surface area contributed by atoms with Crippen LogP contribution in [0.15, 0.2) is 9.98 Å². The van der Waals surface area contributed by atoms with Crippen molar-refractivity contribution in [1.29, 1.82) is 0 Å². The first-order valence-corrected chi connectivity index (χ1v) is 2.79. The molecule has 6 heteroatoms. The van der Waals surface area contributed by atoms with Gasteiger partial charge in [-0.15, -0.1) is 0 Å². The number of nitrogens with one attached hydrogen (secondary N) is 1. The van der Waals surface area contributed by atoms with Gasteiger partial charge < -0.3 is 0 Å². The quantitative estimate of drug-likeness (QED) is 0.275. The van der Waals surface area contributed by atoms with Gasteiger partial charge in [0.25, 0.3) is 11.8 Å². The second-order valence-corrected chi connectivity index (χ2v) is 1.79. The number of aliphatic imine (C=N–C) groups is 2. The molecule has 0 radical (unpaired) electrons. The summed E-state index contributed by atoms with van der Waals surface area (Å²) < 4.78 is 0. The third kappa shape index (κ3) is 1.47. The Labute approximate surface area is 61.6 Å². The van der Waals surface area contributed by atoms with E-state index in [4.69, 9.17) is 5.21 Å². The zero-order valence-corrected chi connectivity index (χ0v) is 5.39. The maximum atomic E-state index is 10.7. The van der Waals surface area contributed by atoms with Crippen molar-refractivity contribution in [2.75, 3.05) is 0 Å². The number of carbonyl (C=O) groups excluding carboxylic acids is 2. The normalized spacial score (nSPS) is 21.9. The van der Waals surface area contributed by atoms with Crippen LogP contribution in [0, 0.1) is 0 Å². The minimum atomic E-state index is -1.23. The Bertz CT molecular complexity index is 245. The molecule has 0 bridgehead atoms. The topological polar surface area (TPSA) is 91.1 Å². The van der Waals surface area contributed by atoms with Crippen molar-refractivity contribution in [3.63, 3.8) is 0 Å². The third-order valence-corrected chi connectivity index (χ3v) is 1.10. The summed E-state index contributed by atoms with van der Waals surface area (Å²) in [5, 5.41) is 8.13. The van der Waals surface area contributed by atoms with Gasteiger partial charge in [-0.3, -0.25) is 19.8 Å². The highest BCUT2D eigenvalue weighted by Gasteiger charge is 2.25. The summed E-state index contributed by atoms with van der Waals surface area (Å²) >= 11 is 0. The summed E-state index contributed by atoms with van der Waals surface area (Å²) in [5.74, 6) is -1.55. The summed E-state index contributed by atoms with van der Waals surface area (Å²) in [5.41, 5.74) is 1.32. The van der Waals surface area contributed by atoms with Crippen LogP contribution in [-0.4, -0.2) is 35.5 Å². The largest absolute Gasteiger partial charge is 0.289 e. The van der Waals surface area contributed by atoms with Crippen molar-refractivity contribution in [1.82, 2.24) is 5.48 Å². The van der Waals surface area contributed by atoms with Crippen LogP contribution >= 0.6 is 0 Å². The van der Waals surface area contributed by atoms with Gasteiger partial charge >= 0.3 is 0 Å². The van der Waals surface area contributed by atoms with Gasteiger partial charge in [0.05, 0.1) is 0 Å². The van der Waals surface area contributed by atoms with Crippen LogP contribution in [0.3, 0.4) is 0 Å². The molecule has 2 amide bonds. The Balaban J connectivity index is 2.73. The van der Waals surface area contributed by atoms with Gasteiger partial charge in [-0.25, -0.2) is 10.5 Å². The molecule has 1 rings (SSSR count). The Morgan fingerprint density at radius 3 is 2.91 bits per heavy atom. The first-order valence-electron chi connectivity index (χ1n) is 2.79. The van der Waals surface area contributed by atoms with Gasteiger partial charge in [-0.05, 0) is 0 Å². The Hall–Kier alpha value is -1.56. The van der Waals surface area contributed by atoms with Crippen LogP contribution in [0.25, 0.3) is 0 Å². The van der Waals surface area contributed by atoms with Gasteiger partial charge in [0.15, 0.2) is 0 Å². The highest BCUT2D eigenvalue weighted by Crippen LogP contribution is 1.96. The van der Waals surface area contributed by atoms with Crippen LogP contribution in [0.5, 0.6) is 0 Å². The maximum Gasteiger partial charge on any atom is 0.280 e. The fourth-order valence-corrected chi connectivity index (χ4v) is 0.607. The average Bonchev–Trinajstić information content (AvgIpc) is 2.04. The molecule has 0 aromatic heterocycles. The summed E-state index contributed by atoms with van der Waals surface area (Å²) in [4.78, 5) is 28.1. The van der Waals surface area contributed by atoms with Crippen molar-refractivity contribution < 1.29 is 14.8 Å². The van der Waals surface area contributed by atoms with Crippen molar-refractivity contribution in [2.45, 2.75) is 6.04 Å². The molecule has 1 unspecified atom stereocenters. The predicted octanol–water partition coefficient (Wildman–Crippen LogP) is -1.46. The van der Waals surface area contributed by atoms with E-state index in [-0.39, 0.29) is 0 Å². The molecule has 0 spiro atoms. The lowest BCUT2D eigenvalue weighted by Gasteiger charge is -2.06. The van der Waals surface area contributed by atoms with E-state index in [0.29, 0.717) is 0 Å². The second-order valence-electron chi connectivity index (χ2n) is 1.79. The molecule has 1 atom stereocenters. The van der Waals surface area contributed by atoms with E-state index in [1.165, 1.54) is 17.9 Å². The van der Waals surface area contributed by atoms with Gasteiger partial charge in [-0.1, -0.05) is 0 Å². The summed E-state index contributed by atoms with van der Waals surface area (Å²) in [6.45, 7) is 0. The number of carbonyl (C=O) groups is 2. The molecule has 2 N–H and O–H groups in total. The van der Waals surface area contributed by atoms with Crippen molar-refractivity contribution in [2.24, 2.45) is 9.98 Å². The Morgan fingerprint density at radius 2 is 2.36 bits per heavy atom. The molecular formula is C5H5N3O3. The van der Waals surface area contributed by atoms with Crippen LogP contribution in [-0.2, 0) is 9.59 Å². The Morgan fingerprint density at radius 1 is 1.64 bits per heavy atom. The first kappa shape index (κ1) is 7.55. The number of nitrogens with zero attached hydrogens (tertiary/aromatic N) is 2. The van der Waals surface area contributed by atoms with E-state index in [1.807, 2.05) is 0 Å². The molecule has 0 aliphatic carbocycles. The highest BCUT2D eigenvalue weighted by molar-refractivity contribution is 6.24. The third-order valence-electron chi connectivity index (χ3n) is 1.10. The highest BCUT2D eigenvalue weighted by atomic mass is 16.5. The molecule has 11 heavy (non-hydrogen) atoms. The lowest BCUT2D eigenvalue weighted by atomic mass is 10.2. The molecule has 0 saturated carbocycles. The molecule has 6 nitrogen and oxygen atoms in total. The van der Waals surface area contributed by atoms with E-state index in [2.05, 4.69) is 9.98 Å². The van der Waals surface area contributed by atoms with Gasteiger partial charge in [0.2, 0.25) is 6.04 Å². The lowest BCUT2D eigenvalue weighted by molar-refractivity contribution is -0.135. The van der Waals surface area contributed by atoms with Gasteiger partial charge in [0.1, 0.15) is 0 Å². The Kier molecular flexibility index (Phi) is 2.07. The van der Waals surface area contributed by atoms with Crippen molar-refractivity contribution in [3.05, 3.63) is 0 Å². The number of hydroxylamine groups is 1. The first-order chi connectivity index (χ1) is 5.25. The molecule has 0 aromatic rings. The number of hydrogen-bond acceptors (Lipinski definition) is 4. The van der Waals surface area contributed by atoms with Crippen molar-refractivity contribution >= 4 is 24.2 Å². The number of hydrogen-bond donors (Lipinski definition) is 2. The standard InChI is InChI=1S/C5H5N3O3/c9-4-3(5(10)8-11)6-1-2-7-4/h1-3,11H,(H,8,10). The van der Waals surface area contributed by atoms with E-state index >= 15 is 0 Å². The summed E-state index contributed by atoms with van der Waals surface area (Å²) in [7, 11) is 0. The molecule has 1 heterocycles. The zero-order valence-electron chi connectivity index (χ0n) is 5.39. The maximum absolute atomic E-state index is 10.7. The van der Waals surface area contributed by atoms with Crippen LogP contribution < -0.4 is 5.48 Å². The van der Waals surface area contributed by atoms with E-state index in [1.54, 1.807) is 0 Å². The minimum absolute atomic E-state index is 0.681. The fraction of sp³-hybridized carbons (Fsp3) is 0.200. The molecule has 0 aromatic carbocycles. The molecule has 1 aliphatic rings.